The number of nitrogens with zero attached hydrogens (tertiary/aromatic N) is 3. The maximum atomic E-state index is 13.1. The van der Waals surface area contributed by atoms with Gasteiger partial charge < -0.3 is 14.6 Å². The second-order valence-electron chi connectivity index (χ2n) is 7.11. The number of amides is 1. The first-order valence-corrected chi connectivity index (χ1v) is 9.75. The van der Waals surface area contributed by atoms with Crippen molar-refractivity contribution in [3.05, 3.63) is 69.5 Å². The summed E-state index contributed by atoms with van der Waals surface area (Å²) in [4.78, 5) is 50.5. The number of aromatic amines is 1. The largest absolute Gasteiger partial charge is 0.462 e. The summed E-state index contributed by atoms with van der Waals surface area (Å²) in [5.74, 6) is -0.403. The van der Waals surface area contributed by atoms with Crippen LogP contribution < -0.4 is 5.56 Å². The Balaban J connectivity index is 1.90. The van der Waals surface area contributed by atoms with Crippen LogP contribution in [0.25, 0.3) is 10.9 Å². The fourth-order valence-electron chi connectivity index (χ4n) is 3.11. The Morgan fingerprint density at radius 1 is 1.13 bits per heavy atom. The van der Waals surface area contributed by atoms with Crippen molar-refractivity contribution in [3.63, 3.8) is 0 Å². The average molecular weight is 408 g/mol. The van der Waals surface area contributed by atoms with E-state index in [1.54, 1.807) is 43.0 Å². The highest BCUT2D eigenvalue weighted by molar-refractivity contribution is 5.95. The maximum Gasteiger partial charge on any atom is 0.339 e. The van der Waals surface area contributed by atoms with Crippen molar-refractivity contribution in [2.75, 3.05) is 6.61 Å². The van der Waals surface area contributed by atoms with Gasteiger partial charge in [0.05, 0.1) is 35.3 Å². The molecule has 0 radical (unpaired) electrons. The zero-order valence-electron chi connectivity index (χ0n) is 17.4. The number of carbonyl (C=O) groups is 2. The SMILES string of the molecule is CCOC(=O)c1ccc(C(=O)N(Cc2nc3ccccc3c(=O)[nH]2)C(C)C)nc1C. The van der Waals surface area contributed by atoms with Crippen LogP contribution in [0.3, 0.4) is 0 Å². The third-order valence-electron chi connectivity index (χ3n) is 4.67. The van der Waals surface area contributed by atoms with Gasteiger partial charge in [-0.25, -0.2) is 14.8 Å². The van der Waals surface area contributed by atoms with E-state index in [0.29, 0.717) is 28.0 Å². The van der Waals surface area contributed by atoms with Gasteiger partial charge in [-0.3, -0.25) is 9.59 Å². The molecule has 8 heteroatoms. The molecule has 8 nitrogen and oxygen atoms in total. The number of H-pyrrole nitrogens is 1. The Labute approximate surface area is 173 Å². The standard InChI is InChI=1S/C22H24N4O4/c1-5-30-22(29)15-10-11-18(23-14(15)4)21(28)26(13(2)3)12-19-24-17-9-7-6-8-16(17)20(27)25-19/h6-11,13H,5,12H2,1-4H3,(H,24,25,27). The molecule has 3 rings (SSSR count). The first-order chi connectivity index (χ1) is 14.3. The van der Waals surface area contributed by atoms with Crippen molar-refractivity contribution in [1.29, 1.82) is 0 Å². The van der Waals surface area contributed by atoms with Gasteiger partial charge in [-0.05, 0) is 52.0 Å². The van der Waals surface area contributed by atoms with Crippen molar-refractivity contribution in [3.8, 4) is 0 Å². The highest BCUT2D eigenvalue weighted by Crippen LogP contribution is 2.15. The first-order valence-electron chi connectivity index (χ1n) is 9.75. The van der Waals surface area contributed by atoms with Crippen LogP contribution in [0.2, 0.25) is 0 Å². The van der Waals surface area contributed by atoms with Gasteiger partial charge in [0.1, 0.15) is 11.5 Å². The molecule has 0 spiro atoms. The van der Waals surface area contributed by atoms with Crippen LogP contribution in [0, 0.1) is 6.92 Å². The predicted octanol–water partition coefficient (Wildman–Crippen LogP) is 2.85. The fourth-order valence-corrected chi connectivity index (χ4v) is 3.11. The summed E-state index contributed by atoms with van der Waals surface area (Å²) in [5.41, 5.74) is 1.27. The number of para-hydroxylation sites is 1. The van der Waals surface area contributed by atoms with Crippen molar-refractivity contribution in [2.24, 2.45) is 0 Å². The number of ether oxygens (including phenoxy) is 1. The average Bonchev–Trinajstić information content (AvgIpc) is 2.71. The third-order valence-corrected chi connectivity index (χ3v) is 4.67. The number of aryl methyl sites for hydroxylation is 1. The van der Waals surface area contributed by atoms with Crippen LogP contribution in [-0.2, 0) is 11.3 Å². The van der Waals surface area contributed by atoms with Crippen molar-refractivity contribution in [1.82, 2.24) is 19.9 Å². The quantitative estimate of drug-likeness (QED) is 0.629. The Kier molecular flexibility index (Phi) is 6.25. The number of carbonyl (C=O) groups excluding carboxylic acids is 2. The lowest BCUT2D eigenvalue weighted by Gasteiger charge is -2.26. The topological polar surface area (TPSA) is 105 Å². The molecule has 0 aliphatic carbocycles. The third kappa shape index (κ3) is 4.37. The number of nitrogens with one attached hydrogen (secondary N) is 1. The molecule has 2 heterocycles. The minimum absolute atomic E-state index is 0.122. The van der Waals surface area contributed by atoms with Crippen LogP contribution in [0.5, 0.6) is 0 Å². The van der Waals surface area contributed by atoms with Crippen molar-refractivity contribution in [2.45, 2.75) is 40.3 Å². The van der Waals surface area contributed by atoms with Crippen molar-refractivity contribution < 1.29 is 14.3 Å². The summed E-state index contributed by atoms with van der Waals surface area (Å²) in [5, 5.41) is 0.496. The van der Waals surface area contributed by atoms with Crippen LogP contribution in [0.4, 0.5) is 0 Å². The smallest absolute Gasteiger partial charge is 0.339 e. The van der Waals surface area contributed by atoms with E-state index in [-0.39, 0.29) is 36.4 Å². The first kappa shape index (κ1) is 21.2. The van der Waals surface area contributed by atoms with Gasteiger partial charge in [-0.1, -0.05) is 12.1 Å². The van der Waals surface area contributed by atoms with E-state index in [0.717, 1.165) is 0 Å². The van der Waals surface area contributed by atoms with Gasteiger partial charge in [0.25, 0.3) is 11.5 Å². The van der Waals surface area contributed by atoms with Gasteiger partial charge in [0, 0.05) is 6.04 Å². The normalized spacial score (nSPS) is 11.0. The molecular formula is C22H24N4O4. The van der Waals surface area contributed by atoms with E-state index in [1.807, 2.05) is 19.9 Å². The number of rotatable bonds is 6. The van der Waals surface area contributed by atoms with Gasteiger partial charge in [0.2, 0.25) is 0 Å². The summed E-state index contributed by atoms with van der Waals surface area (Å²) >= 11 is 0. The summed E-state index contributed by atoms with van der Waals surface area (Å²) in [6.45, 7) is 7.51. The van der Waals surface area contributed by atoms with Crippen LogP contribution in [0.1, 0.15) is 53.1 Å². The molecule has 30 heavy (non-hydrogen) atoms. The molecule has 0 saturated carbocycles. The number of aromatic nitrogens is 3. The molecule has 156 valence electrons. The van der Waals surface area contributed by atoms with Gasteiger partial charge in [-0.15, -0.1) is 0 Å². The van der Waals surface area contributed by atoms with Gasteiger partial charge in [0.15, 0.2) is 0 Å². The fraction of sp³-hybridized carbons (Fsp3) is 0.318. The monoisotopic (exact) mass is 408 g/mol. The summed E-state index contributed by atoms with van der Waals surface area (Å²) < 4.78 is 5.00. The Morgan fingerprint density at radius 2 is 1.87 bits per heavy atom. The van der Waals surface area contributed by atoms with E-state index in [4.69, 9.17) is 4.74 Å². The van der Waals surface area contributed by atoms with Crippen molar-refractivity contribution >= 4 is 22.8 Å². The Bertz CT molecular complexity index is 1150. The molecule has 0 bridgehead atoms. The second-order valence-corrected chi connectivity index (χ2v) is 7.11. The lowest BCUT2D eigenvalue weighted by molar-refractivity contribution is 0.0523. The highest BCUT2D eigenvalue weighted by Gasteiger charge is 2.23. The maximum absolute atomic E-state index is 13.1. The minimum Gasteiger partial charge on any atom is -0.462 e. The van der Waals surface area contributed by atoms with Gasteiger partial charge >= 0.3 is 5.97 Å². The lowest BCUT2D eigenvalue weighted by atomic mass is 10.1. The lowest BCUT2D eigenvalue weighted by Crippen LogP contribution is -2.38. The van der Waals surface area contributed by atoms with E-state index in [1.165, 1.54) is 6.07 Å². The molecule has 0 aliphatic heterocycles. The molecule has 0 unspecified atom stereocenters. The summed E-state index contributed by atoms with van der Waals surface area (Å²) in [6.07, 6.45) is 0. The second kappa shape index (κ2) is 8.86. The zero-order chi connectivity index (χ0) is 21.8. The molecule has 0 saturated heterocycles. The molecule has 3 aromatic rings. The number of hydrogen-bond donors (Lipinski definition) is 1. The molecule has 1 amide bonds. The predicted molar refractivity (Wildman–Crippen MR) is 112 cm³/mol. The number of fused-ring (bicyclic) bond motifs is 1. The molecule has 1 N–H and O–H groups in total. The molecule has 0 fully saturated rings. The molecule has 0 aliphatic rings. The molecule has 1 aromatic carbocycles. The molecule has 0 atom stereocenters. The number of pyridine rings is 1. The number of esters is 1. The molecule has 2 aromatic heterocycles. The number of hydrogen-bond acceptors (Lipinski definition) is 6. The van der Waals surface area contributed by atoms with E-state index >= 15 is 0 Å². The molecular weight excluding hydrogens is 384 g/mol. The summed E-state index contributed by atoms with van der Waals surface area (Å²) in [7, 11) is 0. The number of benzene rings is 1. The zero-order valence-corrected chi connectivity index (χ0v) is 17.4. The summed E-state index contributed by atoms with van der Waals surface area (Å²) in [6, 6.07) is 9.93. The Morgan fingerprint density at radius 3 is 2.53 bits per heavy atom. The minimum atomic E-state index is -0.472. The van der Waals surface area contributed by atoms with Crippen LogP contribution in [-0.4, -0.2) is 44.4 Å². The van der Waals surface area contributed by atoms with Crippen LogP contribution in [0.15, 0.2) is 41.2 Å². The van der Waals surface area contributed by atoms with E-state index in [9.17, 15) is 14.4 Å². The van der Waals surface area contributed by atoms with Gasteiger partial charge in [-0.2, -0.15) is 0 Å². The Hall–Kier alpha value is -3.55. The van der Waals surface area contributed by atoms with E-state index < -0.39 is 5.97 Å². The van der Waals surface area contributed by atoms with E-state index in [2.05, 4.69) is 15.0 Å². The highest BCUT2D eigenvalue weighted by atomic mass is 16.5. The van der Waals surface area contributed by atoms with Crippen LogP contribution >= 0.6 is 0 Å².